The molecule has 0 aromatic carbocycles. The Labute approximate surface area is 181 Å². The number of carboxylic acids is 1. The largest absolute Gasteiger partial charge is 0.480 e. The van der Waals surface area contributed by atoms with Crippen LogP contribution in [0, 0.1) is 5.92 Å². The number of aliphatic carboxylic acids is 1. The van der Waals surface area contributed by atoms with Gasteiger partial charge in [0.25, 0.3) is 0 Å². The lowest BCUT2D eigenvalue weighted by molar-refractivity contribution is -0.145. The van der Waals surface area contributed by atoms with Crippen LogP contribution in [-0.4, -0.2) is 76.7 Å². The normalized spacial score (nSPS) is 15.7. The quantitative estimate of drug-likeness (QED) is 0.0815. The van der Waals surface area contributed by atoms with Crippen LogP contribution in [0.2, 0.25) is 0 Å². The molecule has 31 heavy (non-hydrogen) atoms. The van der Waals surface area contributed by atoms with Crippen LogP contribution < -0.4 is 33.2 Å². The van der Waals surface area contributed by atoms with Crippen molar-refractivity contribution < 1.29 is 29.4 Å². The van der Waals surface area contributed by atoms with Crippen LogP contribution >= 0.6 is 0 Å². The molecule has 178 valence electrons. The van der Waals surface area contributed by atoms with E-state index in [1.165, 1.54) is 13.8 Å². The van der Waals surface area contributed by atoms with E-state index < -0.39 is 54.0 Å². The van der Waals surface area contributed by atoms with Crippen LogP contribution in [0.5, 0.6) is 0 Å². The molecule has 0 saturated heterocycles. The van der Waals surface area contributed by atoms with Crippen LogP contribution in [0.25, 0.3) is 0 Å². The van der Waals surface area contributed by atoms with Gasteiger partial charge in [-0.25, -0.2) is 4.79 Å². The first-order valence-corrected chi connectivity index (χ1v) is 9.90. The van der Waals surface area contributed by atoms with Gasteiger partial charge in [-0.05, 0) is 32.6 Å². The summed E-state index contributed by atoms with van der Waals surface area (Å²) in [4.78, 5) is 52.4. The van der Waals surface area contributed by atoms with Gasteiger partial charge in [-0.2, -0.15) is 0 Å². The zero-order valence-corrected chi connectivity index (χ0v) is 18.3. The highest BCUT2D eigenvalue weighted by Crippen LogP contribution is 2.06. The Morgan fingerprint density at radius 3 is 1.87 bits per heavy atom. The number of nitrogens with one attached hydrogen (secondary N) is 3. The molecule has 0 saturated carbocycles. The second-order valence-corrected chi connectivity index (χ2v) is 7.59. The summed E-state index contributed by atoms with van der Waals surface area (Å²) in [5.41, 5.74) is 16.1. The Hall–Kier alpha value is -2.93. The van der Waals surface area contributed by atoms with Gasteiger partial charge in [0, 0.05) is 6.54 Å². The van der Waals surface area contributed by atoms with Crippen molar-refractivity contribution >= 4 is 29.7 Å². The van der Waals surface area contributed by atoms with Gasteiger partial charge >= 0.3 is 5.97 Å². The van der Waals surface area contributed by atoms with Crippen LogP contribution in [-0.2, 0) is 19.2 Å². The Morgan fingerprint density at radius 2 is 1.45 bits per heavy atom. The summed E-state index contributed by atoms with van der Waals surface area (Å²) >= 11 is 0. The van der Waals surface area contributed by atoms with Gasteiger partial charge in [-0.15, -0.1) is 0 Å². The molecule has 0 spiro atoms. The molecule has 0 fully saturated rings. The number of carbonyl (C=O) groups excluding carboxylic acids is 3. The summed E-state index contributed by atoms with van der Waals surface area (Å²) in [7, 11) is 0. The van der Waals surface area contributed by atoms with E-state index in [2.05, 4.69) is 20.9 Å². The van der Waals surface area contributed by atoms with Gasteiger partial charge in [-0.1, -0.05) is 13.8 Å². The summed E-state index contributed by atoms with van der Waals surface area (Å²) in [6.07, 6.45) is -0.999. The monoisotopic (exact) mass is 445 g/mol. The van der Waals surface area contributed by atoms with Crippen LogP contribution in [0.15, 0.2) is 4.99 Å². The first-order chi connectivity index (χ1) is 14.3. The van der Waals surface area contributed by atoms with Crippen molar-refractivity contribution in [2.24, 2.45) is 28.1 Å². The summed E-state index contributed by atoms with van der Waals surface area (Å²) in [6, 6.07) is -4.53. The minimum absolute atomic E-state index is 0.0759. The van der Waals surface area contributed by atoms with Gasteiger partial charge in [0.15, 0.2) is 12.0 Å². The van der Waals surface area contributed by atoms with E-state index in [4.69, 9.17) is 17.2 Å². The second kappa shape index (κ2) is 13.4. The Bertz CT molecular complexity index is 662. The number of hydrogen-bond acceptors (Lipinski definition) is 7. The number of aliphatic hydroxyl groups excluding tert-OH is 1. The zero-order valence-electron chi connectivity index (χ0n) is 18.3. The van der Waals surface area contributed by atoms with E-state index in [1.807, 2.05) is 0 Å². The van der Waals surface area contributed by atoms with Crippen LogP contribution in [0.3, 0.4) is 0 Å². The first-order valence-electron chi connectivity index (χ1n) is 9.90. The number of nitrogens with two attached hydrogens (primary N) is 3. The molecular weight excluding hydrogens is 410 g/mol. The molecule has 5 unspecified atom stereocenters. The maximum Gasteiger partial charge on any atom is 0.328 e. The van der Waals surface area contributed by atoms with E-state index in [0.717, 1.165) is 0 Å². The lowest BCUT2D eigenvalue weighted by Crippen LogP contribution is -2.59. The minimum atomic E-state index is -1.57. The molecule has 13 nitrogen and oxygen atoms in total. The van der Waals surface area contributed by atoms with Crippen molar-refractivity contribution in [2.45, 2.75) is 70.8 Å². The highest BCUT2D eigenvalue weighted by Gasteiger charge is 2.32. The van der Waals surface area contributed by atoms with Crippen molar-refractivity contribution in [1.82, 2.24) is 16.0 Å². The molecule has 13 heteroatoms. The molecule has 5 atom stereocenters. The molecule has 0 rings (SSSR count). The number of carbonyl (C=O) groups is 4. The number of aliphatic hydroxyl groups is 1. The molecule has 0 aliphatic rings. The molecular formula is C18H35N7O6. The third kappa shape index (κ3) is 10.6. The molecule has 0 aromatic heterocycles. The van der Waals surface area contributed by atoms with Crippen molar-refractivity contribution in [3.8, 4) is 0 Å². The maximum atomic E-state index is 12.8. The summed E-state index contributed by atoms with van der Waals surface area (Å²) in [5, 5.41) is 26.0. The van der Waals surface area contributed by atoms with E-state index in [0.29, 0.717) is 6.42 Å². The number of guanidine groups is 1. The number of aliphatic imine (C=N–C) groups is 1. The average Bonchev–Trinajstić information content (AvgIpc) is 2.64. The Balaban J connectivity index is 5.47. The molecule has 0 aliphatic heterocycles. The standard InChI is InChI=1S/C18H35N7O6/c1-8(2)12(24-14(27)9(3)19)16(29)23-11(6-5-7-22-18(20)21)15(28)25-13(10(4)26)17(30)31/h8-13,26H,5-7,19H2,1-4H3,(H,23,29)(H,24,27)(H,25,28)(H,30,31)(H4,20,21,22). The molecule has 0 aliphatic carbocycles. The van der Waals surface area contributed by atoms with Crippen molar-refractivity contribution in [3.05, 3.63) is 0 Å². The SMILES string of the molecule is CC(N)C(=O)NC(C(=O)NC(CCCN=C(N)N)C(=O)NC(C(=O)O)C(C)O)C(C)C. The van der Waals surface area contributed by atoms with E-state index in [9.17, 15) is 29.4 Å². The predicted molar refractivity (Wildman–Crippen MR) is 114 cm³/mol. The zero-order chi connectivity index (χ0) is 24.3. The third-order valence-electron chi connectivity index (χ3n) is 4.28. The molecule has 0 aromatic rings. The smallest absolute Gasteiger partial charge is 0.328 e. The van der Waals surface area contributed by atoms with Crippen molar-refractivity contribution in [1.29, 1.82) is 0 Å². The summed E-state index contributed by atoms with van der Waals surface area (Å²) < 4.78 is 0. The molecule has 0 heterocycles. The fraction of sp³-hybridized carbons (Fsp3) is 0.722. The van der Waals surface area contributed by atoms with E-state index >= 15 is 0 Å². The van der Waals surface area contributed by atoms with Crippen LogP contribution in [0.4, 0.5) is 0 Å². The topological polar surface area (TPSA) is 235 Å². The number of hydrogen-bond donors (Lipinski definition) is 8. The lowest BCUT2D eigenvalue weighted by Gasteiger charge is -2.27. The number of rotatable bonds is 13. The maximum absolute atomic E-state index is 12.8. The van der Waals surface area contributed by atoms with Crippen LogP contribution in [0.1, 0.15) is 40.5 Å². The Kier molecular flexibility index (Phi) is 12.1. The van der Waals surface area contributed by atoms with Crippen molar-refractivity contribution in [2.75, 3.05) is 6.54 Å². The highest BCUT2D eigenvalue weighted by molar-refractivity contribution is 5.94. The fourth-order valence-corrected chi connectivity index (χ4v) is 2.50. The number of amides is 3. The summed E-state index contributed by atoms with van der Waals surface area (Å²) in [6.45, 7) is 6.26. The predicted octanol–water partition coefficient (Wildman–Crippen LogP) is -3.04. The second-order valence-electron chi connectivity index (χ2n) is 7.59. The first kappa shape index (κ1) is 28.1. The Morgan fingerprint density at radius 1 is 0.903 bits per heavy atom. The van der Waals surface area contributed by atoms with Gasteiger partial charge in [-0.3, -0.25) is 19.4 Å². The molecule has 0 radical (unpaired) electrons. The van der Waals surface area contributed by atoms with Gasteiger partial charge in [0.2, 0.25) is 17.7 Å². The molecule has 0 bridgehead atoms. The van der Waals surface area contributed by atoms with Crippen molar-refractivity contribution in [3.63, 3.8) is 0 Å². The molecule has 11 N–H and O–H groups in total. The average molecular weight is 446 g/mol. The number of nitrogens with zero attached hydrogens (tertiary/aromatic N) is 1. The fourth-order valence-electron chi connectivity index (χ4n) is 2.50. The van der Waals surface area contributed by atoms with Gasteiger partial charge in [0.05, 0.1) is 12.1 Å². The van der Waals surface area contributed by atoms with E-state index in [-0.39, 0.29) is 24.8 Å². The minimum Gasteiger partial charge on any atom is -0.480 e. The third-order valence-corrected chi connectivity index (χ3v) is 4.28. The molecule has 3 amide bonds. The highest BCUT2D eigenvalue weighted by atomic mass is 16.4. The summed E-state index contributed by atoms with van der Waals surface area (Å²) in [5.74, 6) is -3.89. The van der Waals surface area contributed by atoms with Gasteiger partial charge < -0.3 is 43.4 Å². The van der Waals surface area contributed by atoms with Gasteiger partial charge in [0.1, 0.15) is 12.1 Å². The lowest BCUT2D eigenvalue weighted by atomic mass is 10.0. The number of carboxylic acid groups (broad SMARTS) is 1. The van der Waals surface area contributed by atoms with E-state index in [1.54, 1.807) is 13.8 Å².